The lowest BCUT2D eigenvalue weighted by Crippen LogP contribution is -2.50. The maximum atomic E-state index is 12.7. The van der Waals surface area contributed by atoms with Gasteiger partial charge in [-0.15, -0.1) is 5.10 Å². The first kappa shape index (κ1) is 44.3. The van der Waals surface area contributed by atoms with Crippen molar-refractivity contribution in [2.24, 2.45) is 0 Å². The number of ether oxygens (including phenoxy) is 7. The van der Waals surface area contributed by atoms with E-state index in [0.717, 1.165) is 24.0 Å². The molecule has 17 nitrogen and oxygen atoms in total. The van der Waals surface area contributed by atoms with Gasteiger partial charge in [0, 0.05) is 74.3 Å². The number of piperazine rings is 1. The van der Waals surface area contributed by atoms with Crippen LogP contribution in [0.2, 0.25) is 0 Å². The van der Waals surface area contributed by atoms with Crippen LogP contribution in [0.25, 0.3) is 5.65 Å². The molecule has 328 valence electrons. The van der Waals surface area contributed by atoms with E-state index in [0.29, 0.717) is 96.6 Å². The topological polar surface area (TPSA) is 168 Å². The molecule has 1 fully saturated rings. The van der Waals surface area contributed by atoms with E-state index in [-0.39, 0.29) is 18.2 Å². The van der Waals surface area contributed by atoms with Crippen molar-refractivity contribution in [1.29, 1.82) is 0 Å². The van der Waals surface area contributed by atoms with Crippen LogP contribution in [-0.2, 0) is 17.8 Å². The monoisotopic (exact) mass is 842 g/mol. The Morgan fingerprint density at radius 2 is 1.43 bits per heavy atom. The summed E-state index contributed by atoms with van der Waals surface area (Å²) in [4.78, 5) is 33.0. The molecular weight excluding hydrogens is 785 g/mol. The van der Waals surface area contributed by atoms with Crippen LogP contribution in [0.5, 0.6) is 34.8 Å². The third kappa shape index (κ3) is 10.4. The number of imidazole rings is 1. The molecule has 5 aromatic rings. The van der Waals surface area contributed by atoms with Gasteiger partial charge in [0.05, 0.1) is 53.5 Å². The molecule has 2 aromatic carbocycles. The Morgan fingerprint density at radius 1 is 0.820 bits per heavy atom. The zero-order valence-electron chi connectivity index (χ0n) is 36.8. The van der Waals surface area contributed by atoms with Crippen LogP contribution in [0.1, 0.15) is 75.9 Å². The zero-order chi connectivity index (χ0) is 43.8. The summed E-state index contributed by atoms with van der Waals surface area (Å²) in [6, 6.07) is 13.2. The molecule has 2 atom stereocenters. The first-order valence-corrected chi connectivity index (χ1v) is 20.3. The van der Waals surface area contributed by atoms with E-state index in [9.17, 15) is 9.90 Å². The predicted octanol–water partition coefficient (Wildman–Crippen LogP) is 6.48. The van der Waals surface area contributed by atoms with E-state index in [4.69, 9.17) is 53.2 Å². The van der Waals surface area contributed by atoms with Gasteiger partial charge in [0.1, 0.15) is 34.7 Å². The minimum Gasteiger partial charge on any atom is -0.497 e. The third-order valence-corrected chi connectivity index (χ3v) is 10.3. The van der Waals surface area contributed by atoms with Crippen LogP contribution in [0.3, 0.4) is 0 Å². The van der Waals surface area contributed by atoms with Crippen molar-refractivity contribution < 1.29 is 43.1 Å². The lowest BCUT2D eigenvalue weighted by atomic mass is 10.1. The van der Waals surface area contributed by atoms with Gasteiger partial charge in [-0.1, -0.05) is 13.3 Å². The Hall–Kier alpha value is -6.23. The van der Waals surface area contributed by atoms with Gasteiger partial charge in [-0.05, 0) is 64.4 Å². The van der Waals surface area contributed by atoms with Crippen LogP contribution < -0.4 is 38.2 Å². The van der Waals surface area contributed by atoms with Gasteiger partial charge < -0.3 is 53.0 Å². The van der Waals surface area contributed by atoms with Gasteiger partial charge in [-0.2, -0.15) is 4.98 Å². The summed E-state index contributed by atoms with van der Waals surface area (Å²) in [5.74, 6) is 4.07. The summed E-state index contributed by atoms with van der Waals surface area (Å²) >= 11 is 0. The van der Waals surface area contributed by atoms with Crippen molar-refractivity contribution in [3.63, 3.8) is 0 Å². The lowest BCUT2D eigenvalue weighted by molar-refractivity contribution is 0.0240. The maximum Gasteiger partial charge on any atom is 0.410 e. The molecule has 0 saturated carbocycles. The van der Waals surface area contributed by atoms with E-state index >= 15 is 0 Å². The highest BCUT2D eigenvalue weighted by molar-refractivity contribution is 5.69. The number of pyridine rings is 1. The van der Waals surface area contributed by atoms with Crippen LogP contribution in [-0.4, -0.2) is 114 Å². The standard InChI is InChI=1S/C44H58N8O9/c1-11-12-28(2)60-42-47-41(51(26-29-13-15-32(55-6)22-35(29)57-8)27-30-14-16-33(56-7)23-36(30)58-9)40-46-25-34(52(40)48-42)38(53)31-21-37(59-10)39(45-24-31)49-17-19-50(20-18-49)43(54)61-44(3,4)5/h13-16,21-25,28,38,53H,11-12,17-20,26-27H2,1-10H3. The summed E-state index contributed by atoms with van der Waals surface area (Å²) in [5, 5.41) is 16.9. The highest BCUT2D eigenvalue weighted by Gasteiger charge is 2.30. The fourth-order valence-corrected chi connectivity index (χ4v) is 7.13. The number of aromatic nitrogens is 5. The molecule has 17 heteroatoms. The summed E-state index contributed by atoms with van der Waals surface area (Å²) in [7, 11) is 8.01. The molecule has 0 radical (unpaired) electrons. The molecule has 4 heterocycles. The first-order valence-electron chi connectivity index (χ1n) is 20.3. The quantitative estimate of drug-likeness (QED) is 0.108. The average Bonchev–Trinajstić information content (AvgIpc) is 3.69. The number of hydrogen-bond donors (Lipinski definition) is 1. The van der Waals surface area contributed by atoms with Crippen molar-refractivity contribution in [3.05, 3.63) is 77.2 Å². The summed E-state index contributed by atoms with van der Waals surface area (Å²) in [5.41, 5.74) is 2.32. The molecule has 0 spiro atoms. The molecule has 0 bridgehead atoms. The van der Waals surface area contributed by atoms with Gasteiger partial charge >= 0.3 is 12.1 Å². The molecule has 0 aliphatic carbocycles. The van der Waals surface area contributed by atoms with Crippen molar-refractivity contribution in [1.82, 2.24) is 29.5 Å². The van der Waals surface area contributed by atoms with Gasteiger partial charge in [0.15, 0.2) is 23.0 Å². The highest BCUT2D eigenvalue weighted by atomic mass is 16.6. The number of aliphatic hydroxyl groups is 1. The SMILES string of the molecule is CCCC(C)Oc1nc(N(Cc2ccc(OC)cc2OC)Cc2ccc(OC)cc2OC)c2ncc(C(O)c3cnc(N4CCN(C(=O)OC(C)(C)C)CC4)c(OC)c3)n2n1. The number of amides is 1. The largest absolute Gasteiger partial charge is 0.497 e. The first-order chi connectivity index (χ1) is 29.3. The van der Waals surface area contributed by atoms with Gasteiger partial charge in [-0.25, -0.2) is 19.3 Å². The number of rotatable bonds is 17. The Labute approximate surface area is 357 Å². The van der Waals surface area contributed by atoms with Crippen LogP contribution in [0, 0.1) is 0 Å². The third-order valence-electron chi connectivity index (χ3n) is 10.3. The van der Waals surface area contributed by atoms with Gasteiger partial charge in [0.25, 0.3) is 0 Å². The minimum atomic E-state index is -1.23. The molecule has 6 rings (SSSR count). The van der Waals surface area contributed by atoms with E-state index in [1.54, 1.807) is 63.4 Å². The lowest BCUT2D eigenvalue weighted by Gasteiger charge is -2.36. The van der Waals surface area contributed by atoms with Crippen molar-refractivity contribution in [2.45, 2.75) is 78.4 Å². The second-order valence-electron chi connectivity index (χ2n) is 15.7. The smallest absolute Gasteiger partial charge is 0.410 e. The number of carbonyl (C=O) groups is 1. The van der Waals surface area contributed by atoms with E-state index in [1.807, 2.05) is 69.0 Å². The second-order valence-corrected chi connectivity index (χ2v) is 15.7. The molecule has 3 aromatic heterocycles. The predicted molar refractivity (Wildman–Crippen MR) is 230 cm³/mol. The minimum absolute atomic E-state index is 0.111. The van der Waals surface area contributed by atoms with E-state index in [2.05, 4.69) is 11.8 Å². The fraction of sp³-hybridized carbons (Fsp3) is 0.477. The second kappa shape index (κ2) is 19.4. The number of hydrogen-bond acceptors (Lipinski definition) is 15. The number of methoxy groups -OCH3 is 5. The summed E-state index contributed by atoms with van der Waals surface area (Å²) < 4.78 is 41.9. The number of anilines is 2. The Morgan fingerprint density at radius 3 is 1.97 bits per heavy atom. The molecule has 1 aliphatic rings. The van der Waals surface area contributed by atoms with Crippen LogP contribution in [0.15, 0.2) is 54.9 Å². The number of fused-ring (bicyclic) bond motifs is 1. The summed E-state index contributed by atoms with van der Waals surface area (Å²) in [6.45, 7) is 12.2. The Kier molecular flexibility index (Phi) is 14.1. The number of carbonyl (C=O) groups excluding carboxylic acids is 1. The molecule has 2 unspecified atom stereocenters. The molecule has 1 N–H and O–H groups in total. The maximum absolute atomic E-state index is 12.7. The summed E-state index contributed by atoms with van der Waals surface area (Å²) in [6.07, 6.45) is 3.10. The van der Waals surface area contributed by atoms with Crippen LogP contribution in [0.4, 0.5) is 16.4 Å². The van der Waals surface area contributed by atoms with E-state index < -0.39 is 11.7 Å². The van der Waals surface area contributed by atoms with Crippen molar-refractivity contribution in [2.75, 3.05) is 71.5 Å². The Bertz CT molecular complexity index is 2210. The molecule has 1 saturated heterocycles. The molecule has 61 heavy (non-hydrogen) atoms. The van der Waals surface area contributed by atoms with E-state index in [1.165, 1.54) is 0 Å². The number of nitrogens with zero attached hydrogens (tertiary/aromatic N) is 8. The molecular formula is C44H58N8O9. The highest BCUT2D eigenvalue weighted by Crippen LogP contribution is 2.36. The van der Waals surface area contributed by atoms with Crippen LogP contribution >= 0.6 is 0 Å². The Balaban J connectivity index is 1.40. The average molecular weight is 843 g/mol. The molecule has 1 aliphatic heterocycles. The number of benzene rings is 2. The number of aliphatic hydroxyl groups excluding tert-OH is 1. The fourth-order valence-electron chi connectivity index (χ4n) is 7.13. The van der Waals surface area contributed by atoms with Gasteiger partial charge in [0.2, 0.25) is 0 Å². The zero-order valence-corrected chi connectivity index (χ0v) is 36.8. The normalized spacial score (nSPS) is 14.0. The van der Waals surface area contributed by atoms with Gasteiger partial charge in [-0.3, -0.25) is 0 Å². The van der Waals surface area contributed by atoms with Crippen molar-refractivity contribution in [3.8, 4) is 34.8 Å². The molecule has 1 amide bonds. The van der Waals surface area contributed by atoms with Crippen molar-refractivity contribution >= 4 is 23.4 Å².